The normalized spacial score (nSPS) is 10.4. The highest BCUT2D eigenvalue weighted by molar-refractivity contribution is 5.44. The van der Waals surface area contributed by atoms with Crippen LogP contribution in [0.15, 0.2) is 72.8 Å². The van der Waals surface area contributed by atoms with E-state index in [9.17, 15) is 0 Å². The Bertz CT molecular complexity index is 833. The van der Waals surface area contributed by atoms with Gasteiger partial charge < -0.3 is 14.9 Å². The number of para-hydroxylation sites is 1. The molecule has 4 heteroatoms. The molecular weight excluding hydrogens is 336 g/mol. The molecule has 0 heterocycles. The summed E-state index contributed by atoms with van der Waals surface area (Å²) >= 11 is 0. The Labute approximate surface area is 161 Å². The second-order valence-corrected chi connectivity index (χ2v) is 6.33. The fourth-order valence-corrected chi connectivity index (χ4v) is 2.67. The number of rotatable bonds is 9. The second-order valence-electron chi connectivity index (χ2n) is 6.33. The molecule has 27 heavy (non-hydrogen) atoms. The highest BCUT2D eigenvalue weighted by atomic mass is 16.5. The van der Waals surface area contributed by atoms with Crippen molar-refractivity contribution in [3.63, 3.8) is 0 Å². The van der Waals surface area contributed by atoms with Gasteiger partial charge in [-0.2, -0.15) is 0 Å². The van der Waals surface area contributed by atoms with Crippen molar-refractivity contribution in [1.82, 2.24) is 5.43 Å². The Hall–Kier alpha value is -2.98. The van der Waals surface area contributed by atoms with Gasteiger partial charge in [-0.3, -0.25) is 0 Å². The van der Waals surface area contributed by atoms with Crippen molar-refractivity contribution in [3.05, 3.63) is 89.5 Å². The van der Waals surface area contributed by atoms with Crippen molar-refractivity contribution in [2.45, 2.75) is 27.0 Å². The summed E-state index contributed by atoms with van der Waals surface area (Å²) in [6.07, 6.45) is 0. The van der Waals surface area contributed by atoms with E-state index in [4.69, 9.17) is 9.47 Å². The SMILES string of the molecule is CCOc1cc(CNNc2ccccc2)ccc1OCc1ccc(C)cc1. The molecule has 0 amide bonds. The van der Waals surface area contributed by atoms with Crippen molar-refractivity contribution in [1.29, 1.82) is 0 Å². The second kappa shape index (κ2) is 9.64. The van der Waals surface area contributed by atoms with E-state index in [1.54, 1.807) is 0 Å². The molecule has 3 aromatic rings. The van der Waals surface area contributed by atoms with E-state index in [-0.39, 0.29) is 0 Å². The maximum atomic E-state index is 5.98. The molecule has 0 spiro atoms. The van der Waals surface area contributed by atoms with Crippen molar-refractivity contribution in [2.24, 2.45) is 0 Å². The number of benzene rings is 3. The minimum Gasteiger partial charge on any atom is -0.490 e. The average Bonchev–Trinajstić information content (AvgIpc) is 2.70. The standard InChI is InChI=1S/C23H26N2O2/c1-3-26-23-15-20(16-24-25-21-7-5-4-6-8-21)13-14-22(23)27-17-19-11-9-18(2)10-12-19/h4-15,24-25H,3,16-17H2,1-2H3. The zero-order valence-electron chi connectivity index (χ0n) is 15.9. The van der Waals surface area contributed by atoms with E-state index in [0.29, 0.717) is 19.8 Å². The van der Waals surface area contributed by atoms with Crippen LogP contribution in [0.4, 0.5) is 5.69 Å². The Kier molecular flexibility index (Phi) is 6.72. The molecule has 0 unspecified atom stereocenters. The minimum atomic E-state index is 0.521. The molecule has 0 aliphatic heterocycles. The van der Waals surface area contributed by atoms with Crippen LogP contribution in [-0.2, 0) is 13.2 Å². The van der Waals surface area contributed by atoms with Crippen LogP contribution in [0.5, 0.6) is 11.5 Å². The van der Waals surface area contributed by atoms with Crippen molar-refractivity contribution in [2.75, 3.05) is 12.0 Å². The molecule has 0 atom stereocenters. The lowest BCUT2D eigenvalue weighted by molar-refractivity contribution is 0.269. The van der Waals surface area contributed by atoms with E-state index in [0.717, 1.165) is 28.3 Å². The third-order valence-corrected chi connectivity index (χ3v) is 4.12. The van der Waals surface area contributed by atoms with Crippen LogP contribution in [0.25, 0.3) is 0 Å². The van der Waals surface area contributed by atoms with Crippen LogP contribution in [0, 0.1) is 6.92 Å². The molecule has 140 valence electrons. The fourth-order valence-electron chi connectivity index (χ4n) is 2.67. The number of hydrogen-bond acceptors (Lipinski definition) is 4. The van der Waals surface area contributed by atoms with Gasteiger partial charge in [0.15, 0.2) is 11.5 Å². The van der Waals surface area contributed by atoms with Gasteiger partial charge in [0.1, 0.15) is 6.61 Å². The quantitative estimate of drug-likeness (QED) is 0.520. The summed E-state index contributed by atoms with van der Waals surface area (Å²) in [5.74, 6) is 1.53. The maximum absolute atomic E-state index is 5.98. The van der Waals surface area contributed by atoms with Crippen LogP contribution in [-0.4, -0.2) is 6.61 Å². The third kappa shape index (κ3) is 5.76. The summed E-state index contributed by atoms with van der Waals surface area (Å²) in [4.78, 5) is 0. The van der Waals surface area contributed by atoms with Crippen molar-refractivity contribution < 1.29 is 9.47 Å². The third-order valence-electron chi connectivity index (χ3n) is 4.12. The first-order valence-corrected chi connectivity index (χ1v) is 9.22. The molecule has 0 fully saturated rings. The van der Waals surface area contributed by atoms with Crippen molar-refractivity contribution in [3.8, 4) is 11.5 Å². The van der Waals surface area contributed by atoms with E-state index in [2.05, 4.69) is 42.0 Å². The van der Waals surface area contributed by atoms with Crippen LogP contribution in [0.2, 0.25) is 0 Å². The number of aryl methyl sites for hydroxylation is 1. The molecule has 0 bridgehead atoms. The zero-order valence-corrected chi connectivity index (χ0v) is 15.9. The predicted molar refractivity (Wildman–Crippen MR) is 110 cm³/mol. The Balaban J connectivity index is 1.60. The Morgan fingerprint density at radius 1 is 0.778 bits per heavy atom. The summed E-state index contributed by atoms with van der Waals surface area (Å²) in [6, 6.07) is 24.4. The largest absolute Gasteiger partial charge is 0.490 e. The Morgan fingerprint density at radius 2 is 1.52 bits per heavy atom. The van der Waals surface area contributed by atoms with E-state index < -0.39 is 0 Å². The molecule has 0 saturated heterocycles. The molecule has 0 saturated carbocycles. The zero-order chi connectivity index (χ0) is 18.9. The molecule has 0 aromatic heterocycles. The highest BCUT2D eigenvalue weighted by Gasteiger charge is 2.07. The van der Waals surface area contributed by atoms with Crippen LogP contribution < -0.4 is 20.3 Å². The summed E-state index contributed by atoms with van der Waals surface area (Å²) in [6.45, 7) is 5.85. The van der Waals surface area contributed by atoms with Gasteiger partial charge in [0.05, 0.1) is 6.61 Å². The number of anilines is 1. The molecule has 3 aromatic carbocycles. The lowest BCUT2D eigenvalue weighted by Crippen LogP contribution is -2.20. The van der Waals surface area contributed by atoms with Gasteiger partial charge in [-0.25, -0.2) is 5.43 Å². The van der Waals surface area contributed by atoms with Gasteiger partial charge >= 0.3 is 0 Å². The maximum Gasteiger partial charge on any atom is 0.161 e. The van der Waals surface area contributed by atoms with Crippen LogP contribution in [0.1, 0.15) is 23.6 Å². The summed E-state index contributed by atoms with van der Waals surface area (Å²) in [5, 5.41) is 0. The Morgan fingerprint density at radius 3 is 2.26 bits per heavy atom. The fraction of sp³-hybridized carbons (Fsp3) is 0.217. The highest BCUT2D eigenvalue weighted by Crippen LogP contribution is 2.29. The molecule has 0 aliphatic carbocycles. The van der Waals surface area contributed by atoms with E-state index >= 15 is 0 Å². The van der Waals surface area contributed by atoms with E-state index in [1.165, 1.54) is 5.56 Å². The topological polar surface area (TPSA) is 42.5 Å². The summed E-state index contributed by atoms with van der Waals surface area (Å²) < 4.78 is 11.8. The van der Waals surface area contributed by atoms with Gasteiger partial charge in [0, 0.05) is 12.2 Å². The summed E-state index contributed by atoms with van der Waals surface area (Å²) in [7, 11) is 0. The smallest absolute Gasteiger partial charge is 0.161 e. The lowest BCUT2D eigenvalue weighted by atomic mass is 10.1. The van der Waals surface area contributed by atoms with Gasteiger partial charge in [0.25, 0.3) is 0 Å². The first-order valence-electron chi connectivity index (χ1n) is 9.22. The number of hydrogen-bond donors (Lipinski definition) is 2. The first kappa shape index (κ1) is 18.8. The molecule has 0 aliphatic rings. The van der Waals surface area contributed by atoms with Gasteiger partial charge in [-0.1, -0.05) is 54.1 Å². The molecule has 2 N–H and O–H groups in total. The predicted octanol–water partition coefficient (Wildman–Crippen LogP) is 5.09. The number of nitrogens with one attached hydrogen (secondary N) is 2. The first-order chi connectivity index (χ1) is 13.2. The molecule has 0 radical (unpaired) electrons. The molecule has 3 rings (SSSR count). The number of ether oxygens (including phenoxy) is 2. The van der Waals surface area contributed by atoms with Gasteiger partial charge in [0.2, 0.25) is 0 Å². The van der Waals surface area contributed by atoms with Gasteiger partial charge in [-0.15, -0.1) is 0 Å². The molecule has 4 nitrogen and oxygen atoms in total. The molecular formula is C23H26N2O2. The van der Waals surface area contributed by atoms with E-state index in [1.807, 2.05) is 55.5 Å². The van der Waals surface area contributed by atoms with Crippen molar-refractivity contribution >= 4 is 5.69 Å². The van der Waals surface area contributed by atoms with Gasteiger partial charge in [-0.05, 0) is 49.2 Å². The monoisotopic (exact) mass is 362 g/mol. The number of hydrazine groups is 1. The lowest BCUT2D eigenvalue weighted by Gasteiger charge is -2.14. The minimum absolute atomic E-state index is 0.521. The van der Waals surface area contributed by atoms with Crippen LogP contribution >= 0.6 is 0 Å². The van der Waals surface area contributed by atoms with Crippen LogP contribution in [0.3, 0.4) is 0 Å². The average molecular weight is 362 g/mol. The summed E-state index contributed by atoms with van der Waals surface area (Å²) in [5.41, 5.74) is 10.9.